The van der Waals surface area contributed by atoms with Crippen molar-refractivity contribution < 1.29 is 19.1 Å². The molecular weight excluding hydrogens is 760 g/mol. The van der Waals surface area contributed by atoms with E-state index in [0.717, 1.165) is 43.7 Å². The Morgan fingerprint density at radius 3 is 1.60 bits per heavy atom. The highest BCUT2D eigenvalue weighted by Crippen LogP contribution is 2.31. The van der Waals surface area contributed by atoms with Crippen molar-refractivity contribution in [1.29, 1.82) is 0 Å². The first-order chi connectivity index (χ1) is 26.1. The van der Waals surface area contributed by atoms with Gasteiger partial charge in [-0.1, -0.05) is 28.1 Å². The van der Waals surface area contributed by atoms with Crippen LogP contribution < -0.4 is 10.2 Å². The number of carbonyl (C=O) groups excluding carboxylic acids is 2. The van der Waals surface area contributed by atoms with Gasteiger partial charge in [0.15, 0.2) is 0 Å². The quantitative estimate of drug-likeness (QED) is 0.178. The normalized spacial score (nSPS) is 15.1. The van der Waals surface area contributed by atoms with Gasteiger partial charge in [0.25, 0.3) is 0 Å². The third-order valence-electron chi connectivity index (χ3n) is 9.63. The van der Waals surface area contributed by atoms with Gasteiger partial charge in [-0.15, -0.1) is 0 Å². The lowest BCUT2D eigenvalue weighted by Gasteiger charge is -2.36. The Labute approximate surface area is 331 Å². The standard InChI is InChI=1S/C21H26N4O2.C12H9BrN2.C9H18N2O2/c1-21(2,3)27-20(26)25-11-9-24(10-12-25)15-5-6-16-17-14-22-8-7-18(17)23(4)19(16)13-15;1-15-11-4-5-14-7-10(11)9-3-2-8(13)6-12(9)15;1-9(2,3)13-8(12)11-6-4-10-5-7-11/h5-8,13-14H,9-12H2,1-4H3;2-7H,1H3;10H,4-7H2,1-3H3. The van der Waals surface area contributed by atoms with Crippen LogP contribution in [0.5, 0.6) is 0 Å². The summed E-state index contributed by atoms with van der Waals surface area (Å²) in [6.07, 6.45) is 7.09. The van der Waals surface area contributed by atoms with Gasteiger partial charge in [0.05, 0.1) is 22.1 Å². The fraction of sp³-hybridized carbons (Fsp3) is 0.429. The van der Waals surface area contributed by atoms with Crippen LogP contribution in [-0.4, -0.2) is 105 Å². The SMILES string of the molecule is CC(C)(C)OC(=O)N1CCNCC1.Cn1c2ccncc2c2ccc(Br)cc21.Cn1c2ccncc2c2ccc(N3CCN(C(=O)OC(C)(C)C)CC3)cc21. The van der Waals surface area contributed by atoms with Gasteiger partial charge in [-0.25, -0.2) is 9.59 Å². The molecule has 0 aliphatic carbocycles. The number of nitrogens with zero attached hydrogens (tertiary/aromatic N) is 7. The van der Waals surface area contributed by atoms with Gasteiger partial charge < -0.3 is 38.6 Å². The number of hydrogen-bond donors (Lipinski definition) is 1. The highest BCUT2D eigenvalue weighted by molar-refractivity contribution is 9.10. The highest BCUT2D eigenvalue weighted by atomic mass is 79.9. The topological polar surface area (TPSA) is 110 Å². The minimum atomic E-state index is -0.456. The van der Waals surface area contributed by atoms with Crippen LogP contribution in [0.15, 0.2) is 77.8 Å². The van der Waals surface area contributed by atoms with Gasteiger partial charge in [0.1, 0.15) is 11.2 Å². The molecule has 6 aromatic rings. The summed E-state index contributed by atoms with van der Waals surface area (Å²) in [5.41, 5.74) is 5.18. The van der Waals surface area contributed by atoms with Crippen molar-refractivity contribution in [3.8, 4) is 0 Å². The van der Waals surface area contributed by atoms with E-state index in [9.17, 15) is 9.59 Å². The number of halogens is 1. The first kappa shape index (κ1) is 39.8. The average molecular weight is 814 g/mol. The van der Waals surface area contributed by atoms with Crippen LogP contribution >= 0.6 is 15.9 Å². The fourth-order valence-corrected chi connectivity index (χ4v) is 7.26. The van der Waals surface area contributed by atoms with E-state index in [-0.39, 0.29) is 17.8 Å². The summed E-state index contributed by atoms with van der Waals surface area (Å²) in [5, 5.41) is 8.04. The first-order valence-corrected chi connectivity index (χ1v) is 19.6. The Morgan fingerprint density at radius 2 is 1.09 bits per heavy atom. The molecule has 6 heterocycles. The maximum atomic E-state index is 12.3. The Kier molecular flexibility index (Phi) is 11.9. The van der Waals surface area contributed by atoms with E-state index in [1.54, 1.807) is 9.80 Å². The summed E-state index contributed by atoms with van der Waals surface area (Å²) in [4.78, 5) is 38.0. The molecule has 292 valence electrons. The summed E-state index contributed by atoms with van der Waals surface area (Å²) in [6, 6.07) is 17.0. The average Bonchev–Trinajstić information content (AvgIpc) is 3.60. The molecule has 2 aliphatic rings. The van der Waals surface area contributed by atoms with Crippen LogP contribution in [0.25, 0.3) is 43.6 Å². The van der Waals surface area contributed by atoms with E-state index in [2.05, 4.69) is 102 Å². The van der Waals surface area contributed by atoms with Crippen molar-refractivity contribution in [3.05, 3.63) is 77.8 Å². The Bertz CT molecular complexity index is 2290. The third-order valence-corrected chi connectivity index (χ3v) is 10.1. The van der Waals surface area contributed by atoms with Crippen LogP contribution in [0.2, 0.25) is 0 Å². The number of piperazine rings is 2. The number of fused-ring (bicyclic) bond motifs is 6. The summed E-state index contributed by atoms with van der Waals surface area (Å²) >= 11 is 3.49. The van der Waals surface area contributed by atoms with Crippen molar-refractivity contribution in [2.45, 2.75) is 52.7 Å². The maximum Gasteiger partial charge on any atom is 0.410 e. The van der Waals surface area contributed by atoms with Gasteiger partial charge in [0, 0.05) is 123 Å². The molecule has 2 aromatic carbocycles. The lowest BCUT2D eigenvalue weighted by molar-refractivity contribution is 0.0223. The summed E-state index contributed by atoms with van der Waals surface area (Å²) in [6.45, 7) is 17.5. The van der Waals surface area contributed by atoms with Gasteiger partial charge in [-0.05, 0) is 77.9 Å². The summed E-state index contributed by atoms with van der Waals surface area (Å²) in [5.74, 6) is 0. The number of anilines is 1. The smallest absolute Gasteiger partial charge is 0.410 e. The summed E-state index contributed by atoms with van der Waals surface area (Å²) < 4.78 is 16.2. The number of hydrogen-bond acceptors (Lipinski definition) is 8. The van der Waals surface area contributed by atoms with Crippen LogP contribution in [0, 0.1) is 0 Å². The van der Waals surface area contributed by atoms with Crippen molar-refractivity contribution >= 4 is 77.4 Å². The molecule has 1 N–H and O–H groups in total. The molecule has 8 rings (SSSR count). The second-order valence-corrected chi connectivity index (χ2v) is 16.9. The zero-order valence-electron chi connectivity index (χ0n) is 33.2. The third kappa shape index (κ3) is 9.50. The molecule has 2 aliphatic heterocycles. The van der Waals surface area contributed by atoms with Crippen LogP contribution in [0.4, 0.5) is 15.3 Å². The largest absolute Gasteiger partial charge is 0.444 e. The Hall–Kier alpha value is -4.88. The molecule has 0 radical (unpaired) electrons. The first-order valence-electron chi connectivity index (χ1n) is 18.8. The number of carbonyl (C=O) groups is 2. The number of aromatic nitrogens is 4. The number of rotatable bonds is 1. The Balaban J connectivity index is 0.000000155. The zero-order valence-corrected chi connectivity index (χ0v) is 34.8. The molecule has 2 saturated heterocycles. The van der Waals surface area contributed by atoms with E-state index < -0.39 is 5.60 Å². The van der Waals surface area contributed by atoms with Crippen molar-refractivity contribution in [3.63, 3.8) is 0 Å². The number of benzene rings is 2. The zero-order chi connectivity index (χ0) is 39.5. The predicted octanol–water partition coefficient (Wildman–Crippen LogP) is 8.10. The van der Waals surface area contributed by atoms with Crippen molar-refractivity contribution in [1.82, 2.24) is 34.2 Å². The molecule has 12 nitrogen and oxygen atoms in total. The number of amides is 2. The molecule has 0 bridgehead atoms. The molecule has 0 unspecified atom stereocenters. The van der Waals surface area contributed by atoms with Gasteiger partial charge in [-0.3, -0.25) is 9.97 Å². The number of aryl methyl sites for hydroxylation is 2. The van der Waals surface area contributed by atoms with Crippen LogP contribution in [0.3, 0.4) is 0 Å². The highest BCUT2D eigenvalue weighted by Gasteiger charge is 2.26. The molecule has 0 spiro atoms. The van der Waals surface area contributed by atoms with E-state index in [0.29, 0.717) is 13.1 Å². The molecular formula is C42H53BrN8O4. The fourth-order valence-electron chi connectivity index (χ4n) is 6.91. The van der Waals surface area contributed by atoms with Crippen LogP contribution in [-0.2, 0) is 23.6 Å². The molecule has 0 atom stereocenters. The molecule has 2 amide bonds. The molecule has 13 heteroatoms. The van der Waals surface area contributed by atoms with E-state index in [1.165, 1.54) is 49.3 Å². The van der Waals surface area contributed by atoms with Gasteiger partial charge >= 0.3 is 12.2 Å². The minimum absolute atomic E-state index is 0.200. The van der Waals surface area contributed by atoms with E-state index in [1.807, 2.05) is 72.4 Å². The monoisotopic (exact) mass is 812 g/mol. The predicted molar refractivity (Wildman–Crippen MR) is 225 cm³/mol. The van der Waals surface area contributed by atoms with Gasteiger partial charge in [-0.2, -0.15) is 0 Å². The number of nitrogens with one attached hydrogen (secondary N) is 1. The lowest BCUT2D eigenvalue weighted by Crippen LogP contribution is -2.50. The van der Waals surface area contributed by atoms with Crippen molar-refractivity contribution in [2.24, 2.45) is 14.1 Å². The second kappa shape index (κ2) is 16.5. The lowest BCUT2D eigenvalue weighted by atomic mass is 10.1. The van der Waals surface area contributed by atoms with Crippen LogP contribution in [0.1, 0.15) is 41.5 Å². The molecule has 4 aromatic heterocycles. The number of pyridine rings is 2. The van der Waals surface area contributed by atoms with Gasteiger partial charge in [0.2, 0.25) is 0 Å². The maximum absolute atomic E-state index is 12.3. The minimum Gasteiger partial charge on any atom is -0.444 e. The summed E-state index contributed by atoms with van der Waals surface area (Å²) in [7, 11) is 4.17. The molecule has 2 fully saturated rings. The van der Waals surface area contributed by atoms with E-state index in [4.69, 9.17) is 9.47 Å². The molecule has 0 saturated carbocycles. The Morgan fingerprint density at radius 1 is 0.618 bits per heavy atom. The number of ether oxygens (including phenoxy) is 2. The van der Waals surface area contributed by atoms with E-state index >= 15 is 0 Å². The molecule has 55 heavy (non-hydrogen) atoms. The second-order valence-electron chi connectivity index (χ2n) is 15.9. The van der Waals surface area contributed by atoms with Crippen molar-refractivity contribution in [2.75, 3.05) is 57.3 Å².